The Kier molecular flexibility index (Phi) is 4.12. The number of anilines is 1. The smallest absolute Gasteiger partial charge is 0.338 e. The average Bonchev–Trinajstić information content (AvgIpc) is 3.06. The largest absolute Gasteiger partial charge is 0.458 e. The van der Waals surface area contributed by atoms with E-state index in [1.165, 1.54) is 12.4 Å². The first kappa shape index (κ1) is 15.5. The van der Waals surface area contributed by atoms with E-state index in [1.54, 1.807) is 35.9 Å². The monoisotopic (exact) mass is 321 g/mol. The molecule has 2 heterocycles. The van der Waals surface area contributed by atoms with Gasteiger partial charge in [0.05, 0.1) is 17.2 Å². The predicted molar refractivity (Wildman–Crippen MR) is 86.8 cm³/mol. The molecule has 0 saturated heterocycles. The summed E-state index contributed by atoms with van der Waals surface area (Å²) in [6, 6.07) is 8.61. The normalized spacial score (nSPS) is 15.9. The van der Waals surface area contributed by atoms with Crippen LogP contribution < -0.4 is 5.32 Å². The molecule has 0 aliphatic carbocycles. The maximum Gasteiger partial charge on any atom is 0.338 e. The minimum Gasteiger partial charge on any atom is -0.458 e. The Labute approximate surface area is 138 Å². The van der Waals surface area contributed by atoms with Crippen molar-refractivity contribution in [3.05, 3.63) is 65.6 Å². The first-order valence-electron chi connectivity index (χ1n) is 7.31. The molecule has 1 atom stereocenters. The van der Waals surface area contributed by atoms with Gasteiger partial charge in [-0.05, 0) is 24.6 Å². The van der Waals surface area contributed by atoms with Gasteiger partial charge in [0.1, 0.15) is 19.0 Å². The van der Waals surface area contributed by atoms with Gasteiger partial charge in [0.25, 0.3) is 0 Å². The second-order valence-electron chi connectivity index (χ2n) is 5.22. The summed E-state index contributed by atoms with van der Waals surface area (Å²) in [5, 5.41) is 16.2. The van der Waals surface area contributed by atoms with Gasteiger partial charge in [-0.1, -0.05) is 24.8 Å². The molecule has 2 aromatic rings. The van der Waals surface area contributed by atoms with Gasteiger partial charge >= 0.3 is 5.97 Å². The SMILES string of the molecule is C=CCOC(=O)C1=C(C)Nc2ncnn2C1c1ccc(C#N)cc1. The standard InChI is InChI=1S/C17H15N5O2/c1-3-8-24-16(23)14-11(2)21-17-19-10-20-22(17)15(14)13-6-4-12(9-18)5-7-13/h3-7,10,15H,1,8H2,2H3,(H,19,20,21). The number of hydrogen-bond donors (Lipinski definition) is 1. The molecule has 1 aliphatic heterocycles. The lowest BCUT2D eigenvalue weighted by Gasteiger charge is -2.28. The van der Waals surface area contributed by atoms with Gasteiger partial charge < -0.3 is 10.1 Å². The van der Waals surface area contributed by atoms with Gasteiger partial charge in [-0.15, -0.1) is 0 Å². The fraction of sp³-hybridized carbons (Fsp3) is 0.176. The Bertz CT molecular complexity index is 858. The van der Waals surface area contributed by atoms with Crippen molar-refractivity contribution in [3.8, 4) is 6.07 Å². The van der Waals surface area contributed by atoms with Crippen LogP contribution in [0.25, 0.3) is 0 Å². The van der Waals surface area contributed by atoms with Gasteiger partial charge in [0.15, 0.2) is 0 Å². The number of allylic oxidation sites excluding steroid dienone is 1. The van der Waals surface area contributed by atoms with Crippen molar-refractivity contribution in [1.82, 2.24) is 14.8 Å². The molecule has 24 heavy (non-hydrogen) atoms. The molecular weight excluding hydrogens is 306 g/mol. The summed E-state index contributed by atoms with van der Waals surface area (Å²) in [6.45, 7) is 5.47. The Morgan fingerprint density at radius 3 is 2.92 bits per heavy atom. The van der Waals surface area contributed by atoms with E-state index in [2.05, 4.69) is 28.0 Å². The highest BCUT2D eigenvalue weighted by Crippen LogP contribution is 2.35. The van der Waals surface area contributed by atoms with Crippen LogP contribution in [0.1, 0.15) is 24.1 Å². The summed E-state index contributed by atoms with van der Waals surface area (Å²) < 4.78 is 6.84. The van der Waals surface area contributed by atoms with Gasteiger partial charge in [-0.2, -0.15) is 15.3 Å². The third-order valence-electron chi connectivity index (χ3n) is 3.70. The first-order valence-corrected chi connectivity index (χ1v) is 7.31. The highest BCUT2D eigenvalue weighted by Gasteiger charge is 2.34. The lowest BCUT2D eigenvalue weighted by Crippen LogP contribution is -2.29. The second kappa shape index (κ2) is 6.38. The molecule has 3 rings (SSSR count). The number of rotatable bonds is 4. The quantitative estimate of drug-likeness (QED) is 0.685. The van der Waals surface area contributed by atoms with E-state index in [1.807, 2.05) is 0 Å². The fourth-order valence-corrected chi connectivity index (χ4v) is 2.62. The number of hydrogen-bond acceptors (Lipinski definition) is 6. The minimum absolute atomic E-state index is 0.125. The van der Waals surface area contributed by atoms with E-state index in [0.717, 1.165) is 5.56 Å². The van der Waals surface area contributed by atoms with Crippen molar-refractivity contribution in [2.24, 2.45) is 0 Å². The molecule has 0 saturated carbocycles. The minimum atomic E-state index is -0.478. The Morgan fingerprint density at radius 2 is 2.25 bits per heavy atom. The van der Waals surface area contributed by atoms with Crippen molar-refractivity contribution in [3.63, 3.8) is 0 Å². The molecule has 1 unspecified atom stereocenters. The van der Waals surface area contributed by atoms with E-state index >= 15 is 0 Å². The predicted octanol–water partition coefficient (Wildman–Crippen LogP) is 2.17. The number of fused-ring (bicyclic) bond motifs is 1. The lowest BCUT2D eigenvalue weighted by molar-refractivity contribution is -0.138. The van der Waals surface area contributed by atoms with Crippen molar-refractivity contribution >= 4 is 11.9 Å². The van der Waals surface area contributed by atoms with Crippen molar-refractivity contribution in [2.45, 2.75) is 13.0 Å². The van der Waals surface area contributed by atoms with Crippen LogP contribution in [-0.2, 0) is 9.53 Å². The number of ether oxygens (including phenoxy) is 1. The van der Waals surface area contributed by atoms with Crippen LogP contribution >= 0.6 is 0 Å². The zero-order valence-corrected chi connectivity index (χ0v) is 13.1. The third-order valence-corrected chi connectivity index (χ3v) is 3.70. The van der Waals surface area contributed by atoms with E-state index in [4.69, 9.17) is 10.00 Å². The Balaban J connectivity index is 2.08. The Morgan fingerprint density at radius 1 is 1.50 bits per heavy atom. The molecule has 0 bridgehead atoms. The molecule has 0 radical (unpaired) electrons. The number of carbonyl (C=O) groups is 1. The van der Waals surface area contributed by atoms with Gasteiger partial charge in [0, 0.05) is 5.70 Å². The van der Waals surface area contributed by atoms with Crippen LogP contribution in [0.2, 0.25) is 0 Å². The van der Waals surface area contributed by atoms with Crippen LogP contribution in [-0.4, -0.2) is 27.3 Å². The van der Waals surface area contributed by atoms with Gasteiger partial charge in [0.2, 0.25) is 5.95 Å². The molecule has 0 fully saturated rings. The highest BCUT2D eigenvalue weighted by molar-refractivity contribution is 5.92. The topological polar surface area (TPSA) is 92.8 Å². The van der Waals surface area contributed by atoms with Crippen molar-refractivity contribution < 1.29 is 9.53 Å². The molecular formula is C17H15N5O2. The van der Waals surface area contributed by atoms with Crippen LogP contribution in [0.15, 0.2) is 54.5 Å². The average molecular weight is 321 g/mol. The summed E-state index contributed by atoms with van der Waals surface area (Å²) in [5.74, 6) is 0.0949. The van der Waals surface area contributed by atoms with Gasteiger partial charge in [-0.25, -0.2) is 9.48 Å². The number of carbonyl (C=O) groups excluding carboxylic acids is 1. The number of nitrogens with one attached hydrogen (secondary N) is 1. The second-order valence-corrected chi connectivity index (χ2v) is 5.22. The summed E-state index contributed by atoms with van der Waals surface area (Å²) in [5.41, 5.74) is 2.45. The zero-order valence-electron chi connectivity index (χ0n) is 13.1. The Hall–Kier alpha value is -3.40. The maximum atomic E-state index is 12.5. The summed E-state index contributed by atoms with van der Waals surface area (Å²) in [6.07, 6.45) is 2.94. The summed E-state index contributed by atoms with van der Waals surface area (Å²) >= 11 is 0. The van der Waals surface area contributed by atoms with E-state index in [9.17, 15) is 4.79 Å². The van der Waals surface area contributed by atoms with Crippen LogP contribution in [0, 0.1) is 11.3 Å². The van der Waals surface area contributed by atoms with Crippen molar-refractivity contribution in [1.29, 1.82) is 5.26 Å². The summed E-state index contributed by atoms with van der Waals surface area (Å²) in [4.78, 5) is 16.7. The number of benzene rings is 1. The van der Waals surface area contributed by atoms with Crippen LogP contribution in [0.5, 0.6) is 0 Å². The number of nitriles is 1. The van der Waals surface area contributed by atoms with Crippen LogP contribution in [0.3, 0.4) is 0 Å². The van der Waals surface area contributed by atoms with Gasteiger partial charge in [-0.3, -0.25) is 0 Å². The van der Waals surface area contributed by atoms with E-state index < -0.39 is 12.0 Å². The van der Waals surface area contributed by atoms with E-state index in [0.29, 0.717) is 22.8 Å². The molecule has 7 heteroatoms. The molecule has 1 aliphatic rings. The highest BCUT2D eigenvalue weighted by atomic mass is 16.5. The maximum absolute atomic E-state index is 12.5. The number of aromatic nitrogens is 3. The van der Waals surface area contributed by atoms with Crippen molar-refractivity contribution in [2.75, 3.05) is 11.9 Å². The molecule has 0 spiro atoms. The third kappa shape index (κ3) is 2.65. The molecule has 1 aromatic heterocycles. The molecule has 1 aromatic carbocycles. The van der Waals surface area contributed by atoms with E-state index in [-0.39, 0.29) is 6.61 Å². The fourth-order valence-electron chi connectivity index (χ4n) is 2.62. The zero-order chi connectivity index (χ0) is 17.1. The van der Waals surface area contributed by atoms with Crippen LogP contribution in [0.4, 0.5) is 5.95 Å². The molecule has 120 valence electrons. The lowest BCUT2D eigenvalue weighted by atomic mass is 9.95. The summed E-state index contributed by atoms with van der Waals surface area (Å²) in [7, 11) is 0. The molecule has 0 amide bonds. The molecule has 7 nitrogen and oxygen atoms in total. The molecule has 1 N–H and O–H groups in total. The first-order chi connectivity index (χ1) is 11.7. The number of nitrogens with zero attached hydrogens (tertiary/aromatic N) is 4. The number of esters is 1.